The minimum absolute atomic E-state index is 0.00378. The van der Waals surface area contributed by atoms with Crippen LogP contribution in [0.4, 0.5) is 5.69 Å². The zero-order valence-corrected chi connectivity index (χ0v) is 7.12. The largest absolute Gasteiger partial charge is 0.370 e. The van der Waals surface area contributed by atoms with Crippen molar-refractivity contribution in [3.8, 4) is 0 Å². The van der Waals surface area contributed by atoms with Crippen molar-refractivity contribution in [2.24, 2.45) is 16.5 Å². The second-order valence-corrected chi connectivity index (χ2v) is 2.46. The molecule has 0 aliphatic rings. The fourth-order valence-corrected chi connectivity index (χ4v) is 0.717. The number of guanidine groups is 1. The Morgan fingerprint density at radius 2 is 1.91 bits per heavy atom. The highest BCUT2D eigenvalue weighted by atomic mass is 79.9. The van der Waals surface area contributed by atoms with Gasteiger partial charge in [0.05, 0.1) is 12.4 Å². The highest BCUT2D eigenvalue weighted by Gasteiger charge is 1.91. The summed E-state index contributed by atoms with van der Waals surface area (Å²) in [5, 5.41) is 0. The summed E-state index contributed by atoms with van der Waals surface area (Å²) in [5.74, 6) is -0.00378. The van der Waals surface area contributed by atoms with Crippen LogP contribution in [-0.2, 0) is 0 Å². The lowest BCUT2D eigenvalue weighted by atomic mass is 10.6. The Labute approximate surface area is 71.7 Å². The fraction of sp³-hybridized carbons (Fsp3) is 0. The van der Waals surface area contributed by atoms with Gasteiger partial charge in [-0.3, -0.25) is 0 Å². The Hall–Kier alpha value is -1.17. The van der Waals surface area contributed by atoms with Crippen LogP contribution in [0.3, 0.4) is 0 Å². The van der Waals surface area contributed by atoms with Gasteiger partial charge in [0.25, 0.3) is 0 Å². The van der Waals surface area contributed by atoms with E-state index in [4.69, 9.17) is 11.5 Å². The summed E-state index contributed by atoms with van der Waals surface area (Å²) >= 11 is 3.08. The second-order valence-electron chi connectivity index (χ2n) is 1.75. The van der Waals surface area contributed by atoms with E-state index in [0.29, 0.717) is 10.4 Å². The van der Waals surface area contributed by atoms with Gasteiger partial charge in [0.1, 0.15) is 5.69 Å². The highest BCUT2D eigenvalue weighted by molar-refractivity contribution is 9.10. The van der Waals surface area contributed by atoms with E-state index in [1.165, 1.54) is 12.4 Å². The summed E-state index contributed by atoms with van der Waals surface area (Å²) < 4.78 is 0.507. The van der Waals surface area contributed by atoms with Crippen LogP contribution >= 0.6 is 15.9 Å². The summed E-state index contributed by atoms with van der Waals surface area (Å²) in [7, 11) is 0. The third kappa shape index (κ3) is 2.50. The van der Waals surface area contributed by atoms with Crippen LogP contribution in [0.15, 0.2) is 22.1 Å². The summed E-state index contributed by atoms with van der Waals surface area (Å²) in [6.07, 6.45) is 3.02. The molecule has 4 N–H and O–H groups in total. The minimum atomic E-state index is -0.00378. The van der Waals surface area contributed by atoms with Gasteiger partial charge in [-0.05, 0) is 15.9 Å². The quantitative estimate of drug-likeness (QED) is 0.397. The molecule has 0 aliphatic carbocycles. The van der Waals surface area contributed by atoms with E-state index in [2.05, 4.69) is 30.9 Å². The number of rotatable bonds is 1. The maximum Gasteiger partial charge on any atom is 0.196 e. The number of halogens is 1. The molecule has 1 aromatic rings. The molecule has 11 heavy (non-hydrogen) atoms. The van der Waals surface area contributed by atoms with Gasteiger partial charge in [0.15, 0.2) is 10.7 Å². The van der Waals surface area contributed by atoms with Gasteiger partial charge in [-0.2, -0.15) is 0 Å². The lowest BCUT2D eigenvalue weighted by molar-refractivity contribution is 1.10. The molecule has 1 heterocycles. The third-order valence-electron chi connectivity index (χ3n) is 0.865. The molecule has 0 saturated carbocycles. The average Bonchev–Trinajstić information content (AvgIpc) is 1.93. The van der Waals surface area contributed by atoms with Crippen LogP contribution < -0.4 is 11.5 Å². The van der Waals surface area contributed by atoms with E-state index in [1.807, 2.05) is 0 Å². The number of hydrogen-bond acceptors (Lipinski definition) is 3. The Morgan fingerprint density at radius 3 is 2.36 bits per heavy atom. The van der Waals surface area contributed by atoms with Crippen LogP contribution in [0.25, 0.3) is 0 Å². The van der Waals surface area contributed by atoms with Crippen molar-refractivity contribution in [3.05, 3.63) is 17.1 Å². The number of nitrogens with zero attached hydrogens (tertiary/aromatic N) is 3. The van der Waals surface area contributed by atoms with Crippen LogP contribution in [0.2, 0.25) is 0 Å². The molecule has 0 radical (unpaired) electrons. The topological polar surface area (TPSA) is 90.2 Å². The van der Waals surface area contributed by atoms with Gasteiger partial charge in [-0.25, -0.2) is 15.0 Å². The van der Waals surface area contributed by atoms with Gasteiger partial charge in [0, 0.05) is 0 Å². The predicted octanol–water partition coefficient (Wildman–Crippen LogP) is 0.144. The van der Waals surface area contributed by atoms with Crippen LogP contribution in [0.1, 0.15) is 0 Å². The molecule has 1 rings (SSSR count). The fourth-order valence-electron chi connectivity index (χ4n) is 0.512. The SMILES string of the molecule is NC(N)=Nc1cnc(Br)nc1. The van der Waals surface area contributed by atoms with E-state index >= 15 is 0 Å². The smallest absolute Gasteiger partial charge is 0.196 e. The summed E-state index contributed by atoms with van der Waals surface area (Å²) in [5.41, 5.74) is 10.8. The molecule has 0 amide bonds. The van der Waals surface area contributed by atoms with Gasteiger partial charge in [0.2, 0.25) is 0 Å². The Morgan fingerprint density at radius 1 is 1.36 bits per heavy atom. The molecule has 0 bridgehead atoms. The standard InChI is InChI=1S/C5H6BrN5/c6-4-9-1-3(2-10-4)11-5(7)8/h1-2H,(H4,7,8,11). The number of hydrogen-bond donors (Lipinski definition) is 2. The van der Waals surface area contributed by atoms with Crippen LogP contribution in [-0.4, -0.2) is 15.9 Å². The van der Waals surface area contributed by atoms with Crippen molar-refractivity contribution in [2.45, 2.75) is 0 Å². The molecule has 5 nitrogen and oxygen atoms in total. The Bertz CT molecular complexity index is 263. The first kappa shape index (κ1) is 7.93. The Balaban J connectivity index is 2.91. The molecule has 58 valence electrons. The molecule has 0 spiro atoms. The number of aliphatic imine (C=N–C) groups is 1. The van der Waals surface area contributed by atoms with Crippen molar-refractivity contribution in [2.75, 3.05) is 0 Å². The summed E-state index contributed by atoms with van der Waals surface area (Å²) in [4.78, 5) is 11.4. The Kier molecular flexibility index (Phi) is 2.37. The van der Waals surface area contributed by atoms with Crippen molar-refractivity contribution < 1.29 is 0 Å². The number of aromatic nitrogens is 2. The van der Waals surface area contributed by atoms with Crippen molar-refractivity contribution in [1.82, 2.24) is 9.97 Å². The van der Waals surface area contributed by atoms with E-state index < -0.39 is 0 Å². The molecular weight excluding hydrogens is 210 g/mol. The molecule has 0 saturated heterocycles. The van der Waals surface area contributed by atoms with E-state index in [9.17, 15) is 0 Å². The molecule has 0 unspecified atom stereocenters. The first-order valence-corrected chi connectivity index (χ1v) is 3.55. The molecular formula is C5H6BrN5. The van der Waals surface area contributed by atoms with Crippen LogP contribution in [0, 0.1) is 0 Å². The van der Waals surface area contributed by atoms with Gasteiger partial charge in [-0.15, -0.1) is 0 Å². The van der Waals surface area contributed by atoms with E-state index in [-0.39, 0.29) is 5.96 Å². The van der Waals surface area contributed by atoms with Crippen LogP contribution in [0.5, 0.6) is 0 Å². The zero-order valence-electron chi connectivity index (χ0n) is 5.53. The molecule has 1 aromatic heterocycles. The van der Waals surface area contributed by atoms with Crippen molar-refractivity contribution in [3.63, 3.8) is 0 Å². The van der Waals surface area contributed by atoms with E-state index in [0.717, 1.165) is 0 Å². The lowest BCUT2D eigenvalue weighted by Crippen LogP contribution is -2.21. The predicted molar refractivity (Wildman–Crippen MR) is 45.2 cm³/mol. The van der Waals surface area contributed by atoms with Crippen molar-refractivity contribution >= 4 is 27.6 Å². The van der Waals surface area contributed by atoms with E-state index in [1.54, 1.807) is 0 Å². The van der Waals surface area contributed by atoms with Gasteiger partial charge >= 0.3 is 0 Å². The highest BCUT2D eigenvalue weighted by Crippen LogP contribution is 2.08. The molecule has 6 heteroatoms. The molecule has 0 aliphatic heterocycles. The maximum atomic E-state index is 5.12. The van der Waals surface area contributed by atoms with Gasteiger partial charge < -0.3 is 11.5 Å². The molecule has 0 fully saturated rings. The molecule has 0 atom stereocenters. The zero-order chi connectivity index (χ0) is 8.27. The average molecular weight is 216 g/mol. The second kappa shape index (κ2) is 3.29. The summed E-state index contributed by atoms with van der Waals surface area (Å²) in [6.45, 7) is 0. The van der Waals surface area contributed by atoms with Gasteiger partial charge in [-0.1, -0.05) is 0 Å². The first-order valence-electron chi connectivity index (χ1n) is 2.75. The third-order valence-corrected chi connectivity index (χ3v) is 1.27. The van der Waals surface area contributed by atoms with Crippen molar-refractivity contribution in [1.29, 1.82) is 0 Å². The monoisotopic (exact) mass is 215 g/mol. The minimum Gasteiger partial charge on any atom is -0.370 e. The first-order chi connectivity index (χ1) is 5.18. The normalized spacial score (nSPS) is 9.18. The number of nitrogens with two attached hydrogens (primary N) is 2. The lowest BCUT2D eigenvalue weighted by Gasteiger charge is -1.92. The molecule has 0 aromatic carbocycles. The maximum absolute atomic E-state index is 5.12. The summed E-state index contributed by atoms with van der Waals surface area (Å²) in [6, 6.07) is 0.